The first-order chi connectivity index (χ1) is 10.6. The molecule has 0 fully saturated rings. The summed E-state index contributed by atoms with van der Waals surface area (Å²) in [5, 5.41) is 2.85. The van der Waals surface area contributed by atoms with Gasteiger partial charge in [-0.1, -0.05) is 18.7 Å². The van der Waals surface area contributed by atoms with Gasteiger partial charge in [-0.15, -0.1) is 11.3 Å². The quantitative estimate of drug-likeness (QED) is 0.717. The Labute approximate surface area is 135 Å². The van der Waals surface area contributed by atoms with Gasteiger partial charge >= 0.3 is 0 Å². The van der Waals surface area contributed by atoms with Crippen molar-refractivity contribution in [1.29, 1.82) is 0 Å². The van der Waals surface area contributed by atoms with Crippen LogP contribution in [0, 0.1) is 0 Å². The molecule has 1 amide bonds. The third-order valence-electron chi connectivity index (χ3n) is 3.09. The number of hydrogen-bond donors (Lipinski definition) is 2. The molecule has 3 aromatic rings. The van der Waals surface area contributed by atoms with Crippen LogP contribution >= 0.6 is 23.1 Å². The highest BCUT2D eigenvalue weighted by Gasteiger charge is 2.16. The summed E-state index contributed by atoms with van der Waals surface area (Å²) in [4.78, 5) is 21.3. The zero-order chi connectivity index (χ0) is 15.7. The van der Waals surface area contributed by atoms with Gasteiger partial charge in [-0.05, 0) is 24.0 Å². The van der Waals surface area contributed by atoms with E-state index < -0.39 is 0 Å². The number of carbonyl (C=O) groups is 1. The van der Waals surface area contributed by atoms with Crippen molar-refractivity contribution in [3.05, 3.63) is 29.4 Å². The predicted molar refractivity (Wildman–Crippen MR) is 91.6 cm³/mol. The molecule has 0 saturated heterocycles. The van der Waals surface area contributed by atoms with E-state index in [2.05, 4.69) is 15.3 Å². The van der Waals surface area contributed by atoms with Crippen LogP contribution in [0.3, 0.4) is 0 Å². The van der Waals surface area contributed by atoms with Gasteiger partial charge in [0.05, 0.1) is 17.4 Å². The second kappa shape index (κ2) is 5.98. The fourth-order valence-corrected chi connectivity index (χ4v) is 3.92. The number of carbonyl (C=O) groups excluding carboxylic acids is 1. The van der Waals surface area contributed by atoms with Crippen LogP contribution in [0.1, 0.15) is 16.6 Å². The van der Waals surface area contributed by atoms with Crippen molar-refractivity contribution in [2.45, 2.75) is 11.3 Å². The summed E-state index contributed by atoms with van der Waals surface area (Å²) >= 11 is 2.89. The number of aryl methyl sites for hydroxylation is 1. The minimum absolute atomic E-state index is 0.242. The fraction of sp³-hybridized carbons (Fsp3) is 0.214. The third kappa shape index (κ3) is 2.79. The van der Waals surface area contributed by atoms with Crippen LogP contribution in [0.5, 0.6) is 0 Å². The molecule has 6 nitrogen and oxygen atoms in total. The lowest BCUT2D eigenvalue weighted by Gasteiger charge is -2.04. The van der Waals surface area contributed by atoms with Crippen LogP contribution in [0.4, 0.5) is 11.5 Å². The first kappa shape index (κ1) is 14.9. The van der Waals surface area contributed by atoms with E-state index >= 15 is 0 Å². The standard InChI is InChI=1S/C14H15N5OS2/c1-3-21-14-18-12(15)11(22-14)13(20)17-8-4-5-10-9(6-8)16-7-19(10)2/h4-7H,3,15H2,1-2H3,(H,17,20). The van der Waals surface area contributed by atoms with Gasteiger partial charge < -0.3 is 15.6 Å². The summed E-state index contributed by atoms with van der Waals surface area (Å²) < 4.78 is 2.74. The van der Waals surface area contributed by atoms with Crippen LogP contribution in [0.2, 0.25) is 0 Å². The van der Waals surface area contributed by atoms with Gasteiger partial charge in [0.1, 0.15) is 10.7 Å². The molecule has 3 rings (SSSR count). The normalized spacial score (nSPS) is 11.0. The molecule has 0 saturated carbocycles. The number of nitrogen functional groups attached to an aromatic ring is 1. The molecule has 0 bridgehead atoms. The van der Waals surface area contributed by atoms with Crippen molar-refractivity contribution in [3.63, 3.8) is 0 Å². The van der Waals surface area contributed by atoms with E-state index in [0.717, 1.165) is 21.1 Å². The molecule has 2 heterocycles. The number of rotatable bonds is 4. The van der Waals surface area contributed by atoms with E-state index in [9.17, 15) is 4.79 Å². The van der Waals surface area contributed by atoms with Crippen LogP contribution < -0.4 is 11.1 Å². The maximum Gasteiger partial charge on any atom is 0.269 e. The average Bonchev–Trinajstić information content (AvgIpc) is 3.03. The fourth-order valence-electron chi connectivity index (χ4n) is 2.06. The molecular weight excluding hydrogens is 318 g/mol. The number of anilines is 2. The lowest BCUT2D eigenvalue weighted by Crippen LogP contribution is -2.12. The van der Waals surface area contributed by atoms with Crippen LogP contribution in [0.25, 0.3) is 11.0 Å². The number of fused-ring (bicyclic) bond motifs is 1. The zero-order valence-corrected chi connectivity index (χ0v) is 13.8. The summed E-state index contributed by atoms with van der Waals surface area (Å²) in [6, 6.07) is 5.61. The van der Waals surface area contributed by atoms with Crippen molar-refractivity contribution in [2.24, 2.45) is 7.05 Å². The van der Waals surface area contributed by atoms with Crippen molar-refractivity contribution < 1.29 is 4.79 Å². The molecule has 0 spiro atoms. The van der Waals surface area contributed by atoms with E-state index in [4.69, 9.17) is 5.73 Å². The summed E-state index contributed by atoms with van der Waals surface area (Å²) in [6.45, 7) is 2.03. The molecule has 0 aliphatic carbocycles. The molecule has 0 radical (unpaired) electrons. The smallest absolute Gasteiger partial charge is 0.269 e. The number of imidazole rings is 1. The second-order valence-electron chi connectivity index (χ2n) is 4.64. The number of nitrogens with zero attached hydrogens (tertiary/aromatic N) is 3. The Morgan fingerprint density at radius 2 is 2.32 bits per heavy atom. The van der Waals surface area contributed by atoms with Crippen LogP contribution in [0.15, 0.2) is 28.9 Å². The van der Waals surface area contributed by atoms with E-state index in [1.165, 1.54) is 11.3 Å². The van der Waals surface area contributed by atoms with E-state index in [1.54, 1.807) is 18.1 Å². The minimum atomic E-state index is -0.242. The van der Waals surface area contributed by atoms with Crippen molar-refractivity contribution in [2.75, 3.05) is 16.8 Å². The highest BCUT2D eigenvalue weighted by molar-refractivity contribution is 8.01. The summed E-state index contributed by atoms with van der Waals surface area (Å²) in [5.41, 5.74) is 8.36. The van der Waals surface area contributed by atoms with Crippen molar-refractivity contribution in [3.8, 4) is 0 Å². The van der Waals surface area contributed by atoms with E-state index in [0.29, 0.717) is 10.6 Å². The molecule has 114 valence electrons. The Bertz CT molecular complexity index is 839. The second-order valence-corrected chi connectivity index (χ2v) is 7.15. The number of hydrogen-bond acceptors (Lipinski definition) is 6. The summed E-state index contributed by atoms with van der Waals surface area (Å²) in [5.74, 6) is 0.926. The first-order valence-electron chi connectivity index (χ1n) is 6.70. The highest BCUT2D eigenvalue weighted by Crippen LogP contribution is 2.29. The maximum absolute atomic E-state index is 12.3. The molecule has 3 N–H and O–H groups in total. The Balaban J connectivity index is 1.83. The predicted octanol–water partition coefficient (Wildman–Crippen LogP) is 2.98. The number of amides is 1. The van der Waals surface area contributed by atoms with Gasteiger partial charge in [0, 0.05) is 12.7 Å². The van der Waals surface area contributed by atoms with Crippen LogP contribution in [-0.2, 0) is 7.05 Å². The Morgan fingerprint density at radius 3 is 3.09 bits per heavy atom. The van der Waals surface area contributed by atoms with Gasteiger partial charge in [-0.25, -0.2) is 9.97 Å². The van der Waals surface area contributed by atoms with Gasteiger partial charge in [-0.2, -0.15) is 0 Å². The van der Waals surface area contributed by atoms with Gasteiger partial charge in [0.25, 0.3) is 5.91 Å². The summed E-state index contributed by atoms with van der Waals surface area (Å²) in [6.07, 6.45) is 1.74. The monoisotopic (exact) mass is 333 g/mol. The Kier molecular flexibility index (Phi) is 4.04. The number of thiazole rings is 1. The van der Waals surface area contributed by atoms with Crippen LogP contribution in [-0.4, -0.2) is 26.2 Å². The van der Waals surface area contributed by atoms with Gasteiger partial charge in [-0.3, -0.25) is 4.79 Å². The first-order valence-corrected chi connectivity index (χ1v) is 8.50. The third-order valence-corrected chi connectivity index (χ3v) is 5.19. The number of aromatic nitrogens is 3. The molecule has 22 heavy (non-hydrogen) atoms. The van der Waals surface area contributed by atoms with Gasteiger partial charge in [0.15, 0.2) is 4.34 Å². The molecule has 0 aliphatic rings. The number of benzene rings is 1. The molecule has 2 aromatic heterocycles. The van der Waals surface area contributed by atoms with Gasteiger partial charge in [0.2, 0.25) is 0 Å². The Hall–Kier alpha value is -2.06. The lowest BCUT2D eigenvalue weighted by molar-refractivity contribution is 0.103. The molecule has 0 atom stereocenters. The zero-order valence-electron chi connectivity index (χ0n) is 12.2. The number of nitrogens with one attached hydrogen (secondary N) is 1. The average molecular weight is 333 g/mol. The maximum atomic E-state index is 12.3. The topological polar surface area (TPSA) is 85.8 Å². The number of thioether (sulfide) groups is 1. The van der Waals surface area contributed by atoms with E-state index in [1.807, 2.05) is 36.7 Å². The van der Waals surface area contributed by atoms with Crippen molar-refractivity contribution in [1.82, 2.24) is 14.5 Å². The Morgan fingerprint density at radius 1 is 1.50 bits per heavy atom. The largest absolute Gasteiger partial charge is 0.382 e. The van der Waals surface area contributed by atoms with Crippen molar-refractivity contribution >= 4 is 51.5 Å². The number of nitrogens with two attached hydrogens (primary N) is 1. The molecular formula is C14H15N5OS2. The SMILES string of the molecule is CCSc1nc(N)c(C(=O)Nc2ccc3c(c2)ncn3C)s1. The molecule has 0 aliphatic heterocycles. The minimum Gasteiger partial charge on any atom is -0.382 e. The highest BCUT2D eigenvalue weighted by atomic mass is 32.2. The molecule has 0 unspecified atom stereocenters. The molecule has 8 heteroatoms. The summed E-state index contributed by atoms with van der Waals surface area (Å²) in [7, 11) is 1.93. The molecule has 1 aromatic carbocycles. The lowest BCUT2D eigenvalue weighted by atomic mass is 10.2. The van der Waals surface area contributed by atoms with E-state index in [-0.39, 0.29) is 11.7 Å².